The van der Waals surface area contributed by atoms with Gasteiger partial charge in [-0.05, 0) is 5.92 Å². The number of carbonyl (C=O) groups excluding carboxylic acids is 3. The van der Waals surface area contributed by atoms with Gasteiger partial charge in [-0.15, -0.1) is 0 Å². The van der Waals surface area contributed by atoms with Crippen molar-refractivity contribution in [3.63, 3.8) is 0 Å². The van der Waals surface area contributed by atoms with Crippen LogP contribution >= 0.6 is 0 Å². The van der Waals surface area contributed by atoms with Crippen molar-refractivity contribution in [1.29, 1.82) is 0 Å². The highest BCUT2D eigenvalue weighted by atomic mass is 16.5. The van der Waals surface area contributed by atoms with Gasteiger partial charge in [-0.2, -0.15) is 0 Å². The molecule has 0 aliphatic heterocycles. The van der Waals surface area contributed by atoms with Crippen LogP contribution in [0.1, 0.15) is 32.6 Å². The highest BCUT2D eigenvalue weighted by Crippen LogP contribution is 2.25. The summed E-state index contributed by atoms with van der Waals surface area (Å²) in [5.74, 6) is -1.43. The Kier molecular flexibility index (Phi) is 4.43. The smallest absolute Gasteiger partial charge is 0.305 e. The first-order chi connectivity index (χ1) is 7.95. The molecule has 0 aromatic carbocycles. The van der Waals surface area contributed by atoms with E-state index in [0.29, 0.717) is 0 Å². The van der Waals surface area contributed by atoms with Crippen LogP contribution in [-0.2, 0) is 19.1 Å². The number of allylic oxidation sites excluding steroid dienone is 2. The van der Waals surface area contributed by atoms with Gasteiger partial charge in [-0.25, -0.2) is 0 Å². The summed E-state index contributed by atoms with van der Waals surface area (Å²) in [7, 11) is 1.24. The minimum atomic E-state index is -0.485. The Bertz CT molecular complexity index is 360. The first-order valence-corrected chi connectivity index (χ1v) is 5.51. The van der Waals surface area contributed by atoms with E-state index in [4.69, 9.17) is 0 Å². The zero-order valence-corrected chi connectivity index (χ0v) is 9.99. The van der Waals surface area contributed by atoms with Crippen LogP contribution < -0.4 is 0 Å². The fourth-order valence-electron chi connectivity index (χ4n) is 1.83. The van der Waals surface area contributed by atoms with Gasteiger partial charge in [0.2, 0.25) is 0 Å². The number of rotatable bonds is 3. The number of methoxy groups -OCH3 is 1. The monoisotopic (exact) mass is 240 g/mol. The standard InChI is InChI=1S/C12H16O5/c1-7-5-9(14)12(10(15)6-7)8(13)3-4-11(16)17-2/h7,13H,3-6H2,1-2H3. The fraction of sp³-hybridized carbons (Fsp3) is 0.583. The van der Waals surface area contributed by atoms with Crippen LogP contribution in [0.4, 0.5) is 0 Å². The van der Waals surface area contributed by atoms with Crippen molar-refractivity contribution < 1.29 is 24.2 Å². The summed E-state index contributed by atoms with van der Waals surface area (Å²) in [5.41, 5.74) is -0.132. The second kappa shape index (κ2) is 5.61. The summed E-state index contributed by atoms with van der Waals surface area (Å²) in [6.07, 6.45) is 0.461. The van der Waals surface area contributed by atoms with Gasteiger partial charge in [0.25, 0.3) is 0 Å². The van der Waals surface area contributed by atoms with E-state index in [2.05, 4.69) is 4.74 Å². The molecule has 1 aliphatic carbocycles. The maximum Gasteiger partial charge on any atom is 0.305 e. The average Bonchev–Trinajstić information content (AvgIpc) is 2.24. The second-order valence-corrected chi connectivity index (χ2v) is 4.26. The van der Waals surface area contributed by atoms with Crippen LogP contribution in [0.3, 0.4) is 0 Å². The number of ketones is 2. The zero-order valence-electron chi connectivity index (χ0n) is 9.99. The van der Waals surface area contributed by atoms with E-state index < -0.39 is 5.97 Å². The normalized spacial score (nSPS) is 20.4. The molecule has 17 heavy (non-hydrogen) atoms. The molecule has 0 radical (unpaired) electrons. The highest BCUT2D eigenvalue weighted by Gasteiger charge is 2.30. The molecule has 1 rings (SSSR count). The van der Waals surface area contributed by atoms with Crippen molar-refractivity contribution in [3.8, 4) is 0 Å². The molecule has 0 bridgehead atoms. The van der Waals surface area contributed by atoms with E-state index in [1.807, 2.05) is 6.92 Å². The third kappa shape index (κ3) is 3.41. The Hall–Kier alpha value is -1.65. The topological polar surface area (TPSA) is 80.7 Å². The predicted octanol–water partition coefficient (Wildman–Crippen LogP) is 1.32. The van der Waals surface area contributed by atoms with Crippen molar-refractivity contribution >= 4 is 17.5 Å². The summed E-state index contributed by atoms with van der Waals surface area (Å²) in [6, 6.07) is 0. The molecule has 1 saturated carbocycles. The van der Waals surface area contributed by atoms with E-state index in [1.165, 1.54) is 7.11 Å². The Balaban J connectivity index is 2.77. The van der Waals surface area contributed by atoms with Gasteiger partial charge in [0, 0.05) is 19.3 Å². The van der Waals surface area contributed by atoms with Crippen molar-refractivity contribution in [2.45, 2.75) is 32.6 Å². The highest BCUT2D eigenvalue weighted by molar-refractivity contribution is 6.22. The van der Waals surface area contributed by atoms with E-state index in [1.54, 1.807) is 0 Å². The van der Waals surface area contributed by atoms with Gasteiger partial charge < -0.3 is 9.84 Å². The third-order valence-corrected chi connectivity index (χ3v) is 2.71. The molecule has 1 aliphatic rings. The number of carbonyl (C=O) groups is 3. The molecule has 5 heteroatoms. The summed E-state index contributed by atoms with van der Waals surface area (Å²) < 4.78 is 4.42. The molecular weight excluding hydrogens is 224 g/mol. The molecule has 0 atom stereocenters. The molecule has 94 valence electrons. The summed E-state index contributed by atoms with van der Waals surface area (Å²) in [5, 5.41) is 9.68. The van der Waals surface area contributed by atoms with Gasteiger partial charge in [0.15, 0.2) is 11.6 Å². The molecule has 1 N–H and O–H groups in total. The number of aliphatic hydroxyl groups excluding tert-OH is 1. The Morgan fingerprint density at radius 1 is 1.29 bits per heavy atom. The first-order valence-electron chi connectivity index (χ1n) is 5.51. The molecule has 1 fully saturated rings. The van der Waals surface area contributed by atoms with Crippen LogP contribution in [0.5, 0.6) is 0 Å². The second-order valence-electron chi connectivity index (χ2n) is 4.26. The lowest BCUT2D eigenvalue weighted by Crippen LogP contribution is -2.26. The Labute approximate surface area is 99.5 Å². The van der Waals surface area contributed by atoms with Crippen molar-refractivity contribution in [2.24, 2.45) is 5.92 Å². The van der Waals surface area contributed by atoms with Crippen LogP contribution in [0.25, 0.3) is 0 Å². The summed E-state index contributed by atoms with van der Waals surface area (Å²) in [4.78, 5) is 34.1. The molecule has 0 aromatic heterocycles. The van der Waals surface area contributed by atoms with Crippen molar-refractivity contribution in [2.75, 3.05) is 7.11 Å². The number of hydrogen-bond acceptors (Lipinski definition) is 5. The number of ether oxygens (including phenoxy) is 1. The largest absolute Gasteiger partial charge is 0.511 e. The molecule has 5 nitrogen and oxygen atoms in total. The molecule has 0 saturated heterocycles. The maximum absolute atomic E-state index is 11.6. The predicted molar refractivity (Wildman–Crippen MR) is 59.3 cm³/mol. The molecule has 0 amide bonds. The quantitative estimate of drug-likeness (QED) is 0.348. The number of hydrogen-bond donors (Lipinski definition) is 1. The van der Waals surface area contributed by atoms with E-state index >= 15 is 0 Å². The van der Waals surface area contributed by atoms with Crippen molar-refractivity contribution in [3.05, 3.63) is 11.3 Å². The lowest BCUT2D eigenvalue weighted by Gasteiger charge is -2.18. The Morgan fingerprint density at radius 2 is 1.82 bits per heavy atom. The molecular formula is C12H16O5. The summed E-state index contributed by atoms with van der Waals surface area (Å²) in [6.45, 7) is 1.82. The van der Waals surface area contributed by atoms with E-state index in [9.17, 15) is 19.5 Å². The molecule has 0 heterocycles. The van der Waals surface area contributed by atoms with Crippen LogP contribution in [0.2, 0.25) is 0 Å². The van der Waals surface area contributed by atoms with E-state index in [0.717, 1.165) is 0 Å². The van der Waals surface area contributed by atoms with Gasteiger partial charge in [-0.1, -0.05) is 6.92 Å². The Morgan fingerprint density at radius 3 is 2.29 bits per heavy atom. The number of esters is 1. The summed E-state index contributed by atoms with van der Waals surface area (Å²) >= 11 is 0. The van der Waals surface area contributed by atoms with Gasteiger partial charge >= 0.3 is 5.97 Å². The number of Topliss-reactive ketones (excluding diaryl/α,β-unsaturated/α-hetero) is 2. The van der Waals surface area contributed by atoms with E-state index in [-0.39, 0.29) is 54.5 Å². The maximum atomic E-state index is 11.6. The molecule has 0 unspecified atom stereocenters. The minimum absolute atomic E-state index is 0.0205. The fourth-order valence-corrected chi connectivity index (χ4v) is 1.83. The third-order valence-electron chi connectivity index (χ3n) is 2.71. The first kappa shape index (κ1) is 13.4. The lowest BCUT2D eigenvalue weighted by molar-refractivity contribution is -0.140. The van der Waals surface area contributed by atoms with Crippen LogP contribution in [0, 0.1) is 5.92 Å². The van der Waals surface area contributed by atoms with Crippen molar-refractivity contribution in [1.82, 2.24) is 0 Å². The van der Waals surface area contributed by atoms with Gasteiger partial charge in [0.05, 0.1) is 19.1 Å². The van der Waals surface area contributed by atoms with Gasteiger partial charge in [0.1, 0.15) is 5.76 Å². The lowest BCUT2D eigenvalue weighted by atomic mass is 9.84. The van der Waals surface area contributed by atoms with Crippen LogP contribution in [-0.4, -0.2) is 29.8 Å². The molecule has 0 aromatic rings. The van der Waals surface area contributed by atoms with Gasteiger partial charge in [-0.3, -0.25) is 14.4 Å². The SMILES string of the molecule is COC(=O)CCC(O)=C1C(=O)CC(C)CC1=O. The minimum Gasteiger partial charge on any atom is -0.511 e. The number of aliphatic hydroxyl groups is 1. The van der Waals surface area contributed by atoms with Crippen LogP contribution in [0.15, 0.2) is 11.3 Å². The molecule has 0 spiro atoms. The average molecular weight is 240 g/mol. The zero-order chi connectivity index (χ0) is 13.0.